The summed E-state index contributed by atoms with van der Waals surface area (Å²) in [6, 6.07) is 14.2. The van der Waals surface area contributed by atoms with E-state index >= 15 is 0 Å². The first-order valence-electron chi connectivity index (χ1n) is 10.8. The van der Waals surface area contributed by atoms with Crippen molar-refractivity contribution < 1.29 is 14.3 Å². The Morgan fingerprint density at radius 1 is 1.00 bits per heavy atom. The predicted octanol–water partition coefficient (Wildman–Crippen LogP) is 6.88. The molecule has 0 saturated carbocycles. The van der Waals surface area contributed by atoms with Crippen molar-refractivity contribution in [3.05, 3.63) is 81.5 Å². The van der Waals surface area contributed by atoms with E-state index in [-0.39, 0.29) is 28.5 Å². The summed E-state index contributed by atoms with van der Waals surface area (Å²) in [5, 5.41) is 3.58. The molecule has 8 heteroatoms. The van der Waals surface area contributed by atoms with Gasteiger partial charge in [0, 0.05) is 24.5 Å². The van der Waals surface area contributed by atoms with Crippen LogP contribution >= 0.6 is 23.2 Å². The summed E-state index contributed by atoms with van der Waals surface area (Å²) in [5.41, 5.74) is 3.12. The van der Waals surface area contributed by atoms with E-state index in [1.807, 2.05) is 24.3 Å². The van der Waals surface area contributed by atoms with Crippen LogP contribution in [-0.2, 0) is 10.2 Å². The van der Waals surface area contributed by atoms with Crippen LogP contribution in [0.2, 0.25) is 10.0 Å². The van der Waals surface area contributed by atoms with E-state index in [2.05, 4.69) is 31.1 Å². The standard InChI is InChI=1S/C26H27Cl2N3O3/c1-6-34-25(33)17-13-21(28)23(29-15-17)31(5)22-14-16(7-12-20(22)27)24(32)30-19-10-8-18(9-11-19)26(2,3)4/h7-15H,6H2,1-5H3,(H,30,32). The highest BCUT2D eigenvalue weighted by molar-refractivity contribution is 6.35. The molecule has 2 aromatic carbocycles. The van der Waals surface area contributed by atoms with Crippen LogP contribution < -0.4 is 10.2 Å². The average molecular weight is 500 g/mol. The minimum atomic E-state index is -0.502. The van der Waals surface area contributed by atoms with Crippen molar-refractivity contribution in [2.75, 3.05) is 23.9 Å². The highest BCUT2D eigenvalue weighted by Crippen LogP contribution is 2.34. The number of pyridine rings is 1. The largest absolute Gasteiger partial charge is 0.462 e. The molecular formula is C26H27Cl2N3O3. The molecule has 0 saturated heterocycles. The topological polar surface area (TPSA) is 71.5 Å². The van der Waals surface area contributed by atoms with Crippen molar-refractivity contribution in [3.63, 3.8) is 0 Å². The van der Waals surface area contributed by atoms with Gasteiger partial charge >= 0.3 is 5.97 Å². The summed E-state index contributed by atoms with van der Waals surface area (Å²) in [7, 11) is 1.73. The van der Waals surface area contributed by atoms with Gasteiger partial charge in [-0.25, -0.2) is 9.78 Å². The van der Waals surface area contributed by atoms with Crippen molar-refractivity contribution >= 4 is 52.3 Å². The van der Waals surface area contributed by atoms with Gasteiger partial charge in [0.2, 0.25) is 0 Å². The predicted molar refractivity (Wildman–Crippen MR) is 138 cm³/mol. The van der Waals surface area contributed by atoms with E-state index in [9.17, 15) is 9.59 Å². The van der Waals surface area contributed by atoms with E-state index in [0.29, 0.717) is 27.8 Å². The maximum Gasteiger partial charge on any atom is 0.339 e. The van der Waals surface area contributed by atoms with E-state index in [1.54, 1.807) is 37.1 Å². The second-order valence-corrected chi connectivity index (χ2v) is 9.57. The molecule has 1 amide bonds. The SMILES string of the molecule is CCOC(=O)c1cnc(N(C)c2cc(C(=O)Nc3ccc(C(C)(C)C)cc3)ccc2Cl)c(Cl)c1. The van der Waals surface area contributed by atoms with Gasteiger partial charge in [-0.15, -0.1) is 0 Å². The number of hydrogen-bond donors (Lipinski definition) is 1. The van der Waals surface area contributed by atoms with Crippen LogP contribution in [0.5, 0.6) is 0 Å². The fourth-order valence-corrected chi connectivity index (χ4v) is 3.82. The Morgan fingerprint density at radius 3 is 2.26 bits per heavy atom. The maximum atomic E-state index is 12.9. The van der Waals surface area contributed by atoms with E-state index in [1.165, 1.54) is 17.8 Å². The Labute approximate surface area is 209 Å². The third kappa shape index (κ3) is 5.88. The average Bonchev–Trinajstić information content (AvgIpc) is 2.78. The summed E-state index contributed by atoms with van der Waals surface area (Å²) in [6.45, 7) is 8.39. The first-order chi connectivity index (χ1) is 16.0. The number of halogens is 2. The quantitative estimate of drug-likeness (QED) is 0.374. The molecule has 178 valence electrons. The van der Waals surface area contributed by atoms with Gasteiger partial charge in [0.1, 0.15) is 0 Å². The Hall–Kier alpha value is -3.09. The lowest BCUT2D eigenvalue weighted by Crippen LogP contribution is -2.16. The third-order valence-corrected chi connectivity index (χ3v) is 5.83. The zero-order valence-corrected chi connectivity index (χ0v) is 21.3. The highest BCUT2D eigenvalue weighted by atomic mass is 35.5. The lowest BCUT2D eigenvalue weighted by atomic mass is 9.87. The number of esters is 1. The fourth-order valence-electron chi connectivity index (χ4n) is 3.29. The maximum absolute atomic E-state index is 12.9. The second-order valence-electron chi connectivity index (χ2n) is 8.76. The molecule has 0 radical (unpaired) electrons. The van der Waals surface area contributed by atoms with Gasteiger partial charge in [0.15, 0.2) is 5.82 Å². The fraction of sp³-hybridized carbons (Fsp3) is 0.269. The van der Waals surface area contributed by atoms with Gasteiger partial charge in [-0.2, -0.15) is 0 Å². The summed E-state index contributed by atoms with van der Waals surface area (Å²) >= 11 is 12.8. The van der Waals surface area contributed by atoms with Gasteiger partial charge in [-0.05, 0) is 54.3 Å². The van der Waals surface area contributed by atoms with E-state index in [4.69, 9.17) is 27.9 Å². The number of amides is 1. The molecule has 3 aromatic rings. The van der Waals surface area contributed by atoms with Crippen molar-refractivity contribution in [3.8, 4) is 0 Å². The van der Waals surface area contributed by atoms with Crippen molar-refractivity contribution in [2.45, 2.75) is 33.1 Å². The number of hydrogen-bond acceptors (Lipinski definition) is 5. The Bertz CT molecular complexity index is 1200. The number of ether oxygens (including phenoxy) is 1. The number of nitrogens with one attached hydrogen (secondary N) is 1. The Kier molecular flexibility index (Phi) is 7.85. The molecule has 0 unspecified atom stereocenters. The lowest BCUT2D eigenvalue weighted by Gasteiger charge is -2.22. The van der Waals surface area contributed by atoms with Crippen LogP contribution in [0.4, 0.5) is 17.2 Å². The number of carbonyl (C=O) groups excluding carboxylic acids is 2. The Morgan fingerprint density at radius 2 is 1.68 bits per heavy atom. The molecule has 0 aliphatic heterocycles. The number of anilines is 3. The minimum absolute atomic E-state index is 0.0298. The smallest absolute Gasteiger partial charge is 0.339 e. The van der Waals surface area contributed by atoms with Crippen LogP contribution in [0.3, 0.4) is 0 Å². The Balaban J connectivity index is 1.83. The van der Waals surface area contributed by atoms with Gasteiger partial charge in [0.05, 0.1) is 27.9 Å². The van der Waals surface area contributed by atoms with Crippen LogP contribution in [0.1, 0.15) is 54.0 Å². The molecule has 3 rings (SSSR count). The molecule has 1 aromatic heterocycles. The number of rotatable bonds is 6. The molecule has 1 N–H and O–H groups in total. The van der Waals surface area contributed by atoms with E-state index < -0.39 is 5.97 Å². The van der Waals surface area contributed by atoms with Crippen molar-refractivity contribution in [1.82, 2.24) is 4.98 Å². The van der Waals surface area contributed by atoms with Crippen LogP contribution in [0.15, 0.2) is 54.7 Å². The summed E-state index contributed by atoms with van der Waals surface area (Å²) in [6.07, 6.45) is 1.39. The zero-order valence-electron chi connectivity index (χ0n) is 19.8. The van der Waals surface area contributed by atoms with Crippen LogP contribution in [0, 0.1) is 0 Å². The molecule has 34 heavy (non-hydrogen) atoms. The molecule has 0 atom stereocenters. The van der Waals surface area contributed by atoms with Gasteiger partial charge in [-0.3, -0.25) is 4.79 Å². The van der Waals surface area contributed by atoms with Crippen LogP contribution in [-0.4, -0.2) is 30.5 Å². The number of benzene rings is 2. The molecule has 0 fully saturated rings. The van der Waals surface area contributed by atoms with Crippen molar-refractivity contribution in [2.24, 2.45) is 0 Å². The molecule has 1 heterocycles. The number of nitrogens with zero attached hydrogens (tertiary/aromatic N) is 2. The van der Waals surface area contributed by atoms with Gasteiger partial charge in [-0.1, -0.05) is 56.1 Å². The lowest BCUT2D eigenvalue weighted by molar-refractivity contribution is 0.0525. The molecule has 0 aliphatic rings. The monoisotopic (exact) mass is 499 g/mol. The van der Waals surface area contributed by atoms with Gasteiger partial charge in [0.25, 0.3) is 5.91 Å². The van der Waals surface area contributed by atoms with Crippen molar-refractivity contribution in [1.29, 1.82) is 0 Å². The van der Waals surface area contributed by atoms with E-state index in [0.717, 1.165) is 0 Å². The zero-order chi connectivity index (χ0) is 25.0. The van der Waals surface area contributed by atoms with Gasteiger partial charge < -0.3 is 15.0 Å². The molecule has 0 spiro atoms. The number of carbonyl (C=O) groups is 2. The first-order valence-corrected chi connectivity index (χ1v) is 11.5. The highest BCUT2D eigenvalue weighted by Gasteiger charge is 2.18. The summed E-state index contributed by atoms with van der Waals surface area (Å²) in [4.78, 5) is 30.8. The van der Waals surface area contributed by atoms with Crippen LogP contribution in [0.25, 0.3) is 0 Å². The second kappa shape index (κ2) is 10.5. The summed E-state index contributed by atoms with van der Waals surface area (Å²) < 4.78 is 4.98. The molecular weight excluding hydrogens is 473 g/mol. The number of aromatic nitrogens is 1. The first kappa shape index (κ1) is 25.5. The summed E-state index contributed by atoms with van der Waals surface area (Å²) in [5.74, 6) is -0.392. The molecule has 6 nitrogen and oxygen atoms in total. The molecule has 0 aliphatic carbocycles. The molecule has 0 bridgehead atoms. The minimum Gasteiger partial charge on any atom is -0.462 e. The third-order valence-electron chi connectivity index (χ3n) is 5.23. The normalized spacial score (nSPS) is 11.1.